The summed E-state index contributed by atoms with van der Waals surface area (Å²) in [7, 11) is 0. The Morgan fingerprint density at radius 3 is 2.50 bits per heavy atom. The number of non-ortho nitro benzene ring substituents is 1. The Labute approximate surface area is 119 Å². The van der Waals surface area contributed by atoms with E-state index >= 15 is 0 Å². The highest BCUT2D eigenvalue weighted by Gasteiger charge is 2.21. The van der Waals surface area contributed by atoms with Gasteiger partial charge in [0.05, 0.1) is 11.0 Å². The maximum Gasteiger partial charge on any atom is 0.269 e. The molecule has 5 nitrogen and oxygen atoms in total. The molecule has 1 aromatic carbocycles. The molecule has 0 amide bonds. The second kappa shape index (κ2) is 6.81. The first-order chi connectivity index (χ1) is 9.58. The quantitative estimate of drug-likeness (QED) is 0.619. The zero-order valence-corrected chi connectivity index (χ0v) is 11.8. The van der Waals surface area contributed by atoms with Gasteiger partial charge < -0.3 is 10.4 Å². The lowest BCUT2D eigenvalue weighted by atomic mass is 9.99. The number of hydrogen-bond donors (Lipinski definition) is 2. The highest BCUT2D eigenvalue weighted by Crippen LogP contribution is 2.27. The van der Waals surface area contributed by atoms with Crippen molar-refractivity contribution in [1.29, 1.82) is 0 Å². The van der Waals surface area contributed by atoms with Crippen LogP contribution in [0.25, 0.3) is 0 Å². The smallest absolute Gasteiger partial charge is 0.269 e. The number of nitrogens with zero attached hydrogens (tertiary/aromatic N) is 1. The molecule has 0 bridgehead atoms. The summed E-state index contributed by atoms with van der Waals surface area (Å²) < 4.78 is 0. The van der Waals surface area contributed by atoms with Gasteiger partial charge in [0.15, 0.2) is 0 Å². The molecular weight excluding hydrogens is 256 g/mol. The Balaban J connectivity index is 1.84. The fourth-order valence-corrected chi connectivity index (χ4v) is 2.86. The fourth-order valence-electron chi connectivity index (χ4n) is 2.86. The SMILES string of the molecule is C[C@H](NCC(O)c1ccc([N+](=O)[O-])cc1)C1CCCC1. The number of nitrogens with one attached hydrogen (secondary N) is 1. The van der Waals surface area contributed by atoms with Gasteiger partial charge in [0.2, 0.25) is 0 Å². The molecule has 0 aromatic heterocycles. The van der Waals surface area contributed by atoms with Gasteiger partial charge in [0.25, 0.3) is 5.69 Å². The maximum absolute atomic E-state index is 10.6. The van der Waals surface area contributed by atoms with Crippen molar-refractivity contribution in [2.75, 3.05) is 6.54 Å². The summed E-state index contributed by atoms with van der Waals surface area (Å²) in [6, 6.07) is 6.50. The Bertz CT molecular complexity index is 441. The monoisotopic (exact) mass is 278 g/mol. The van der Waals surface area contributed by atoms with Crippen LogP contribution < -0.4 is 5.32 Å². The molecule has 1 fully saturated rings. The van der Waals surface area contributed by atoms with Crippen molar-refractivity contribution >= 4 is 5.69 Å². The summed E-state index contributed by atoms with van der Waals surface area (Å²) in [5, 5.41) is 24.1. The molecule has 0 radical (unpaired) electrons. The van der Waals surface area contributed by atoms with Crippen LogP contribution in [0, 0.1) is 16.0 Å². The fraction of sp³-hybridized carbons (Fsp3) is 0.600. The predicted molar refractivity (Wildman–Crippen MR) is 77.5 cm³/mol. The topological polar surface area (TPSA) is 75.4 Å². The summed E-state index contributed by atoms with van der Waals surface area (Å²) in [5.74, 6) is 0.707. The zero-order chi connectivity index (χ0) is 14.5. The molecule has 20 heavy (non-hydrogen) atoms. The van der Waals surface area contributed by atoms with Crippen LogP contribution in [0.1, 0.15) is 44.3 Å². The largest absolute Gasteiger partial charge is 0.387 e. The van der Waals surface area contributed by atoms with Crippen molar-refractivity contribution in [3.8, 4) is 0 Å². The standard InChI is InChI=1S/C15H22N2O3/c1-11(12-4-2-3-5-12)16-10-15(18)13-6-8-14(9-7-13)17(19)20/h6-9,11-12,15-16,18H,2-5,10H2,1H3/t11-,15?/m0/s1. The van der Waals surface area contributed by atoms with Crippen LogP contribution in [0.4, 0.5) is 5.69 Å². The van der Waals surface area contributed by atoms with E-state index in [0.29, 0.717) is 24.1 Å². The Morgan fingerprint density at radius 2 is 1.95 bits per heavy atom. The van der Waals surface area contributed by atoms with Crippen molar-refractivity contribution in [2.45, 2.75) is 44.8 Å². The van der Waals surface area contributed by atoms with E-state index in [2.05, 4.69) is 12.2 Å². The molecule has 1 aliphatic rings. The third-order valence-electron chi connectivity index (χ3n) is 4.23. The lowest BCUT2D eigenvalue weighted by molar-refractivity contribution is -0.384. The van der Waals surface area contributed by atoms with Gasteiger partial charge in [-0.2, -0.15) is 0 Å². The minimum Gasteiger partial charge on any atom is -0.387 e. The Morgan fingerprint density at radius 1 is 1.35 bits per heavy atom. The Kier molecular flexibility index (Phi) is 5.09. The molecule has 2 rings (SSSR count). The average molecular weight is 278 g/mol. The van der Waals surface area contributed by atoms with Crippen LogP contribution in [0.15, 0.2) is 24.3 Å². The molecular formula is C15H22N2O3. The van der Waals surface area contributed by atoms with E-state index < -0.39 is 11.0 Å². The summed E-state index contributed by atoms with van der Waals surface area (Å²) in [5.41, 5.74) is 0.759. The number of benzene rings is 1. The van der Waals surface area contributed by atoms with Crippen LogP contribution in [0.2, 0.25) is 0 Å². The van der Waals surface area contributed by atoms with Crippen molar-refractivity contribution in [2.24, 2.45) is 5.92 Å². The van der Waals surface area contributed by atoms with E-state index in [4.69, 9.17) is 0 Å². The first-order valence-corrected chi connectivity index (χ1v) is 7.23. The van der Waals surface area contributed by atoms with Crippen LogP contribution in [0.5, 0.6) is 0 Å². The summed E-state index contributed by atoms with van der Waals surface area (Å²) in [4.78, 5) is 10.1. The van der Waals surface area contributed by atoms with Crippen LogP contribution in [0.3, 0.4) is 0 Å². The summed E-state index contributed by atoms with van der Waals surface area (Å²) >= 11 is 0. The highest BCUT2D eigenvalue weighted by atomic mass is 16.6. The molecule has 0 saturated heterocycles. The molecule has 1 aliphatic carbocycles. The lowest BCUT2D eigenvalue weighted by Crippen LogP contribution is -2.35. The van der Waals surface area contributed by atoms with E-state index in [1.807, 2.05) is 0 Å². The molecule has 5 heteroatoms. The molecule has 110 valence electrons. The van der Waals surface area contributed by atoms with Crippen molar-refractivity contribution in [1.82, 2.24) is 5.32 Å². The number of nitro groups is 1. The minimum atomic E-state index is -0.625. The molecule has 0 spiro atoms. The van der Waals surface area contributed by atoms with E-state index in [0.717, 1.165) is 0 Å². The predicted octanol–water partition coefficient (Wildman–Crippen LogP) is 2.80. The van der Waals surface area contributed by atoms with Gasteiger partial charge in [-0.25, -0.2) is 0 Å². The number of aliphatic hydroxyl groups excluding tert-OH is 1. The number of nitro benzene ring substituents is 1. The van der Waals surface area contributed by atoms with E-state index in [-0.39, 0.29) is 5.69 Å². The second-order valence-corrected chi connectivity index (χ2v) is 5.61. The lowest BCUT2D eigenvalue weighted by Gasteiger charge is -2.22. The molecule has 0 aliphatic heterocycles. The van der Waals surface area contributed by atoms with Crippen molar-refractivity contribution in [3.05, 3.63) is 39.9 Å². The van der Waals surface area contributed by atoms with Crippen molar-refractivity contribution < 1.29 is 10.0 Å². The van der Waals surface area contributed by atoms with Gasteiger partial charge in [-0.3, -0.25) is 10.1 Å². The van der Waals surface area contributed by atoms with Gasteiger partial charge in [-0.05, 0) is 43.4 Å². The molecule has 2 N–H and O–H groups in total. The van der Waals surface area contributed by atoms with Crippen LogP contribution in [-0.4, -0.2) is 22.6 Å². The van der Waals surface area contributed by atoms with Gasteiger partial charge >= 0.3 is 0 Å². The van der Waals surface area contributed by atoms with E-state index in [9.17, 15) is 15.2 Å². The zero-order valence-electron chi connectivity index (χ0n) is 11.8. The van der Waals surface area contributed by atoms with Gasteiger partial charge in [-0.15, -0.1) is 0 Å². The minimum absolute atomic E-state index is 0.0493. The third kappa shape index (κ3) is 3.77. The average Bonchev–Trinajstić information content (AvgIpc) is 2.98. The van der Waals surface area contributed by atoms with Crippen LogP contribution >= 0.6 is 0 Å². The third-order valence-corrected chi connectivity index (χ3v) is 4.23. The van der Waals surface area contributed by atoms with Crippen LogP contribution in [-0.2, 0) is 0 Å². The second-order valence-electron chi connectivity index (χ2n) is 5.61. The van der Waals surface area contributed by atoms with E-state index in [1.54, 1.807) is 12.1 Å². The first kappa shape index (κ1) is 14.9. The first-order valence-electron chi connectivity index (χ1n) is 7.23. The maximum atomic E-state index is 10.6. The van der Waals surface area contributed by atoms with E-state index in [1.165, 1.54) is 37.8 Å². The normalized spacial score (nSPS) is 18.9. The number of aliphatic hydroxyl groups is 1. The summed E-state index contributed by atoms with van der Waals surface area (Å²) in [6.07, 6.45) is 4.52. The molecule has 1 saturated carbocycles. The van der Waals surface area contributed by atoms with Gasteiger partial charge in [0.1, 0.15) is 0 Å². The molecule has 1 unspecified atom stereocenters. The molecule has 1 aromatic rings. The Hall–Kier alpha value is -1.46. The number of hydrogen-bond acceptors (Lipinski definition) is 4. The molecule has 2 atom stereocenters. The highest BCUT2D eigenvalue weighted by molar-refractivity contribution is 5.33. The number of rotatable bonds is 6. The molecule has 0 heterocycles. The van der Waals surface area contributed by atoms with Gasteiger partial charge in [0, 0.05) is 24.7 Å². The summed E-state index contributed by atoms with van der Waals surface area (Å²) in [6.45, 7) is 2.65. The van der Waals surface area contributed by atoms with Gasteiger partial charge in [-0.1, -0.05) is 12.8 Å². The van der Waals surface area contributed by atoms with Crippen molar-refractivity contribution in [3.63, 3.8) is 0 Å².